The van der Waals surface area contributed by atoms with Crippen LogP contribution in [0.15, 0.2) is 63.3 Å². The van der Waals surface area contributed by atoms with Crippen LogP contribution in [0, 0.1) is 0 Å². The van der Waals surface area contributed by atoms with E-state index in [9.17, 15) is 8.42 Å². The lowest BCUT2D eigenvalue weighted by molar-refractivity contribution is 0.476. The minimum absolute atomic E-state index is 0.250. The zero-order valence-corrected chi connectivity index (χ0v) is 18.4. The van der Waals surface area contributed by atoms with Crippen LogP contribution in [0.3, 0.4) is 0 Å². The molecule has 2 aromatic rings. The lowest BCUT2D eigenvalue weighted by atomic mass is 10.2. The third-order valence-corrected chi connectivity index (χ3v) is 6.36. The van der Waals surface area contributed by atoms with Gasteiger partial charge in [-0.25, -0.2) is 18.1 Å². The smallest absolute Gasteiger partial charge is 0.240 e. The minimum Gasteiger partial charge on any atom is -0.357 e. The fourth-order valence-electron chi connectivity index (χ4n) is 2.61. The SMILES string of the molecule is CCNC(=NCc1ccc(S(=O)(=O)NC)cc1)N(C)Cc1ccc(SC)cc1. The number of rotatable bonds is 8. The van der Waals surface area contributed by atoms with E-state index in [0.29, 0.717) is 6.54 Å². The Balaban J connectivity index is 2.08. The standard InChI is InChI=1S/C20H28N4O2S2/c1-5-22-20(24(3)15-17-6-10-18(27-4)11-7-17)23-14-16-8-12-19(13-9-16)28(25,26)21-2/h6-13,21H,5,14-15H2,1-4H3,(H,22,23). The number of nitrogens with one attached hydrogen (secondary N) is 2. The Morgan fingerprint density at radius 1 is 1.07 bits per heavy atom. The van der Waals surface area contributed by atoms with Gasteiger partial charge in [-0.1, -0.05) is 24.3 Å². The molecule has 0 fully saturated rings. The van der Waals surface area contributed by atoms with Gasteiger partial charge in [0.2, 0.25) is 10.0 Å². The van der Waals surface area contributed by atoms with Crippen molar-refractivity contribution in [3.8, 4) is 0 Å². The summed E-state index contributed by atoms with van der Waals surface area (Å²) < 4.78 is 25.9. The van der Waals surface area contributed by atoms with Crippen LogP contribution in [0.4, 0.5) is 0 Å². The second kappa shape index (κ2) is 10.5. The average molecular weight is 421 g/mol. The van der Waals surface area contributed by atoms with Crippen molar-refractivity contribution < 1.29 is 8.42 Å². The highest BCUT2D eigenvalue weighted by atomic mass is 32.2. The molecule has 2 rings (SSSR count). The van der Waals surface area contributed by atoms with E-state index in [1.165, 1.54) is 17.5 Å². The van der Waals surface area contributed by atoms with Crippen LogP contribution in [0.1, 0.15) is 18.1 Å². The predicted molar refractivity (Wildman–Crippen MR) is 117 cm³/mol. The van der Waals surface area contributed by atoms with Crippen molar-refractivity contribution in [3.05, 3.63) is 59.7 Å². The Bertz CT molecular complexity index is 879. The maximum Gasteiger partial charge on any atom is 0.240 e. The van der Waals surface area contributed by atoms with E-state index in [2.05, 4.69) is 50.5 Å². The van der Waals surface area contributed by atoms with Crippen LogP contribution in [0.25, 0.3) is 0 Å². The van der Waals surface area contributed by atoms with E-state index in [0.717, 1.165) is 24.6 Å². The molecule has 0 saturated heterocycles. The van der Waals surface area contributed by atoms with Crippen LogP contribution in [-0.2, 0) is 23.1 Å². The molecule has 0 bridgehead atoms. The molecule has 28 heavy (non-hydrogen) atoms. The number of guanidine groups is 1. The summed E-state index contributed by atoms with van der Waals surface area (Å²) in [5.41, 5.74) is 2.16. The number of aliphatic imine (C=N–C) groups is 1. The highest BCUT2D eigenvalue weighted by Gasteiger charge is 2.11. The molecule has 0 atom stereocenters. The Morgan fingerprint density at radius 3 is 2.21 bits per heavy atom. The summed E-state index contributed by atoms with van der Waals surface area (Å²) in [6.07, 6.45) is 2.07. The van der Waals surface area contributed by atoms with E-state index in [4.69, 9.17) is 0 Å². The molecule has 2 N–H and O–H groups in total. The highest BCUT2D eigenvalue weighted by molar-refractivity contribution is 7.98. The second-order valence-electron chi connectivity index (χ2n) is 6.23. The third-order valence-electron chi connectivity index (χ3n) is 4.19. The molecular weight excluding hydrogens is 392 g/mol. The average Bonchev–Trinajstić information content (AvgIpc) is 2.72. The van der Waals surface area contributed by atoms with Gasteiger partial charge in [-0.15, -0.1) is 11.8 Å². The molecule has 6 nitrogen and oxygen atoms in total. The molecule has 0 aromatic heterocycles. The monoisotopic (exact) mass is 420 g/mol. The van der Waals surface area contributed by atoms with Gasteiger partial charge >= 0.3 is 0 Å². The molecule has 0 aliphatic carbocycles. The largest absolute Gasteiger partial charge is 0.357 e. The van der Waals surface area contributed by atoms with Gasteiger partial charge in [0.05, 0.1) is 11.4 Å². The van der Waals surface area contributed by atoms with Crippen molar-refractivity contribution in [1.82, 2.24) is 14.9 Å². The zero-order chi connectivity index (χ0) is 20.6. The Morgan fingerprint density at radius 2 is 1.68 bits per heavy atom. The number of hydrogen-bond acceptors (Lipinski definition) is 4. The summed E-state index contributed by atoms with van der Waals surface area (Å²) >= 11 is 1.73. The first-order valence-corrected chi connectivity index (χ1v) is 11.7. The summed E-state index contributed by atoms with van der Waals surface area (Å²) in [7, 11) is -0.00589. The zero-order valence-electron chi connectivity index (χ0n) is 16.8. The van der Waals surface area contributed by atoms with Crippen molar-refractivity contribution in [2.45, 2.75) is 29.8 Å². The summed E-state index contributed by atoms with van der Waals surface area (Å²) in [5.74, 6) is 0.809. The van der Waals surface area contributed by atoms with Gasteiger partial charge in [0, 0.05) is 25.0 Å². The normalized spacial score (nSPS) is 12.1. The third kappa shape index (κ3) is 6.25. The van der Waals surface area contributed by atoms with Crippen LogP contribution in [0.5, 0.6) is 0 Å². The lowest BCUT2D eigenvalue weighted by Crippen LogP contribution is -2.38. The molecule has 0 aliphatic rings. The quantitative estimate of drug-likeness (QED) is 0.390. The fourth-order valence-corrected chi connectivity index (χ4v) is 3.75. The van der Waals surface area contributed by atoms with Crippen LogP contribution >= 0.6 is 11.8 Å². The molecule has 8 heteroatoms. The molecule has 0 spiro atoms. The van der Waals surface area contributed by atoms with Crippen molar-refractivity contribution >= 4 is 27.7 Å². The summed E-state index contributed by atoms with van der Waals surface area (Å²) in [6, 6.07) is 15.3. The number of nitrogens with zero attached hydrogens (tertiary/aromatic N) is 2. The number of sulfonamides is 1. The number of hydrogen-bond donors (Lipinski definition) is 2. The first-order valence-electron chi connectivity index (χ1n) is 9.04. The van der Waals surface area contributed by atoms with Gasteiger partial charge in [-0.05, 0) is 55.6 Å². The van der Waals surface area contributed by atoms with Gasteiger partial charge < -0.3 is 10.2 Å². The summed E-state index contributed by atoms with van der Waals surface area (Å²) in [5, 5.41) is 3.31. The van der Waals surface area contributed by atoms with Crippen LogP contribution < -0.4 is 10.0 Å². The Kier molecular flexibility index (Phi) is 8.35. The molecule has 0 saturated carbocycles. The molecular formula is C20H28N4O2S2. The van der Waals surface area contributed by atoms with Gasteiger partial charge in [-0.2, -0.15) is 0 Å². The van der Waals surface area contributed by atoms with Gasteiger partial charge in [0.15, 0.2) is 5.96 Å². The van der Waals surface area contributed by atoms with Crippen LogP contribution in [0.2, 0.25) is 0 Å². The number of benzene rings is 2. The van der Waals surface area contributed by atoms with Crippen molar-refractivity contribution in [3.63, 3.8) is 0 Å². The second-order valence-corrected chi connectivity index (χ2v) is 8.99. The molecule has 0 aliphatic heterocycles. The first kappa shape index (κ1) is 22.3. The predicted octanol–water partition coefficient (Wildman–Crippen LogP) is 2.91. The molecule has 152 valence electrons. The van der Waals surface area contributed by atoms with Gasteiger partial charge in [0.25, 0.3) is 0 Å². The van der Waals surface area contributed by atoms with E-state index >= 15 is 0 Å². The van der Waals surface area contributed by atoms with Gasteiger partial charge in [-0.3, -0.25) is 0 Å². The van der Waals surface area contributed by atoms with Crippen molar-refractivity contribution in [2.24, 2.45) is 4.99 Å². The molecule has 0 radical (unpaired) electrons. The summed E-state index contributed by atoms with van der Waals surface area (Å²) in [4.78, 5) is 8.27. The molecule has 2 aromatic carbocycles. The Hall–Kier alpha value is -2.03. The molecule has 0 unspecified atom stereocenters. The topological polar surface area (TPSA) is 73.8 Å². The van der Waals surface area contributed by atoms with E-state index in [1.807, 2.05) is 14.0 Å². The highest BCUT2D eigenvalue weighted by Crippen LogP contribution is 2.16. The van der Waals surface area contributed by atoms with E-state index in [-0.39, 0.29) is 4.90 Å². The van der Waals surface area contributed by atoms with Gasteiger partial charge in [0.1, 0.15) is 0 Å². The maximum absolute atomic E-state index is 11.8. The molecule has 0 heterocycles. The first-order chi connectivity index (χ1) is 13.4. The van der Waals surface area contributed by atoms with E-state index < -0.39 is 10.0 Å². The Labute approximate surface area is 172 Å². The maximum atomic E-state index is 11.8. The summed E-state index contributed by atoms with van der Waals surface area (Å²) in [6.45, 7) is 4.03. The van der Waals surface area contributed by atoms with Crippen LogP contribution in [-0.4, -0.2) is 46.2 Å². The van der Waals surface area contributed by atoms with Crippen molar-refractivity contribution in [1.29, 1.82) is 0 Å². The molecule has 0 amide bonds. The lowest BCUT2D eigenvalue weighted by Gasteiger charge is -2.22. The van der Waals surface area contributed by atoms with Crippen molar-refractivity contribution in [2.75, 3.05) is 26.9 Å². The van der Waals surface area contributed by atoms with E-state index in [1.54, 1.807) is 36.0 Å². The number of thioether (sulfide) groups is 1. The minimum atomic E-state index is -3.42. The fraction of sp³-hybridized carbons (Fsp3) is 0.350.